The predicted molar refractivity (Wildman–Crippen MR) is 121 cm³/mol. The van der Waals surface area contributed by atoms with Crippen molar-refractivity contribution in [1.29, 1.82) is 0 Å². The Morgan fingerprint density at radius 3 is 2.22 bits per heavy atom. The average molecular weight is 429 g/mol. The summed E-state index contributed by atoms with van der Waals surface area (Å²) in [6.07, 6.45) is 0. The van der Waals surface area contributed by atoms with Crippen LogP contribution in [0.5, 0.6) is 0 Å². The lowest BCUT2D eigenvalue weighted by atomic mass is 10.0. The van der Waals surface area contributed by atoms with Crippen molar-refractivity contribution in [2.24, 2.45) is 0 Å². The van der Waals surface area contributed by atoms with Crippen LogP contribution in [-0.2, 0) is 0 Å². The van der Waals surface area contributed by atoms with Crippen molar-refractivity contribution in [3.05, 3.63) is 82.9 Å². The van der Waals surface area contributed by atoms with Gasteiger partial charge in [-0.3, -0.25) is 24.1 Å². The third-order valence-corrected chi connectivity index (χ3v) is 5.43. The van der Waals surface area contributed by atoms with Crippen molar-refractivity contribution in [1.82, 2.24) is 15.5 Å². The fraction of sp³-hybridized carbons (Fsp3) is 0.200. The molecular weight excluding hydrogens is 406 g/mol. The number of nitrogens with zero attached hydrogens (tertiary/aromatic N) is 1. The molecule has 1 heterocycles. The van der Waals surface area contributed by atoms with Crippen LogP contribution in [0.4, 0.5) is 0 Å². The fourth-order valence-corrected chi connectivity index (χ4v) is 3.84. The summed E-state index contributed by atoms with van der Waals surface area (Å²) in [6, 6.07) is 17.4. The van der Waals surface area contributed by atoms with Gasteiger partial charge < -0.3 is 10.6 Å². The number of nitrogens with one attached hydrogen (secondary N) is 2. The first-order chi connectivity index (χ1) is 15.4. The van der Waals surface area contributed by atoms with Crippen LogP contribution < -0.4 is 10.6 Å². The number of benzene rings is 3. The Bertz CT molecular complexity index is 1240. The Morgan fingerprint density at radius 1 is 0.812 bits per heavy atom. The smallest absolute Gasteiger partial charge is 0.261 e. The molecule has 0 aromatic heterocycles. The molecule has 4 rings (SSSR count). The van der Waals surface area contributed by atoms with Crippen molar-refractivity contribution in [2.75, 3.05) is 13.1 Å². The molecule has 0 atom stereocenters. The Kier molecular flexibility index (Phi) is 5.73. The summed E-state index contributed by atoms with van der Waals surface area (Å²) in [4.78, 5) is 51.1. The number of hydrogen-bond acceptors (Lipinski definition) is 4. The number of carbonyl (C=O) groups excluding carboxylic acids is 4. The largest absolute Gasteiger partial charge is 0.350 e. The van der Waals surface area contributed by atoms with Gasteiger partial charge in [-0.05, 0) is 48.9 Å². The van der Waals surface area contributed by atoms with E-state index >= 15 is 0 Å². The van der Waals surface area contributed by atoms with Gasteiger partial charge in [0.25, 0.3) is 23.6 Å². The molecule has 0 saturated heterocycles. The normalized spacial score (nSPS) is 12.9. The van der Waals surface area contributed by atoms with Crippen LogP contribution in [0.25, 0.3) is 10.8 Å². The van der Waals surface area contributed by atoms with Gasteiger partial charge in [-0.1, -0.05) is 36.4 Å². The number of rotatable bonds is 6. The van der Waals surface area contributed by atoms with Crippen LogP contribution in [0.1, 0.15) is 55.3 Å². The maximum absolute atomic E-state index is 12.6. The monoisotopic (exact) mass is 429 g/mol. The molecule has 0 radical (unpaired) electrons. The van der Waals surface area contributed by atoms with Crippen molar-refractivity contribution >= 4 is 34.4 Å². The number of imide groups is 1. The minimum absolute atomic E-state index is 0.216. The van der Waals surface area contributed by atoms with Crippen LogP contribution in [0, 0.1) is 0 Å². The molecule has 3 aromatic rings. The second kappa shape index (κ2) is 8.63. The van der Waals surface area contributed by atoms with Crippen LogP contribution in [0.15, 0.2) is 60.7 Å². The van der Waals surface area contributed by atoms with E-state index in [2.05, 4.69) is 10.6 Å². The first-order valence-electron chi connectivity index (χ1n) is 10.4. The van der Waals surface area contributed by atoms with Crippen molar-refractivity contribution in [3.63, 3.8) is 0 Å². The molecule has 0 unspecified atom stereocenters. The highest BCUT2D eigenvalue weighted by Crippen LogP contribution is 2.25. The minimum atomic E-state index is -0.392. The predicted octanol–water partition coefficient (Wildman–Crippen LogP) is 3.00. The van der Waals surface area contributed by atoms with E-state index in [9.17, 15) is 19.2 Å². The summed E-state index contributed by atoms with van der Waals surface area (Å²) in [7, 11) is 0. The van der Waals surface area contributed by atoms with Gasteiger partial charge in [-0.25, -0.2) is 0 Å². The molecule has 162 valence electrons. The number of fused-ring (bicyclic) bond motifs is 2. The third-order valence-electron chi connectivity index (χ3n) is 5.43. The Labute approximate surface area is 185 Å². The van der Waals surface area contributed by atoms with Gasteiger partial charge in [0.1, 0.15) is 0 Å². The lowest BCUT2D eigenvalue weighted by Gasteiger charge is -2.17. The number of carbonyl (C=O) groups is 4. The number of hydrogen-bond donors (Lipinski definition) is 2. The van der Waals surface area contributed by atoms with E-state index in [1.807, 2.05) is 36.4 Å². The van der Waals surface area contributed by atoms with Gasteiger partial charge >= 0.3 is 0 Å². The van der Waals surface area contributed by atoms with E-state index in [1.54, 1.807) is 19.9 Å². The van der Waals surface area contributed by atoms with Crippen LogP contribution in [-0.4, -0.2) is 47.7 Å². The highest BCUT2D eigenvalue weighted by Gasteiger charge is 2.37. The lowest BCUT2D eigenvalue weighted by Crippen LogP contribution is -2.36. The molecule has 0 bridgehead atoms. The summed E-state index contributed by atoms with van der Waals surface area (Å²) >= 11 is 0. The van der Waals surface area contributed by atoms with Crippen LogP contribution >= 0.6 is 0 Å². The zero-order valence-corrected chi connectivity index (χ0v) is 17.8. The summed E-state index contributed by atoms with van der Waals surface area (Å²) < 4.78 is 0. The molecule has 7 nitrogen and oxygen atoms in total. The van der Waals surface area contributed by atoms with Gasteiger partial charge in [0, 0.05) is 30.3 Å². The van der Waals surface area contributed by atoms with E-state index < -0.39 is 5.91 Å². The Morgan fingerprint density at radius 2 is 1.47 bits per heavy atom. The van der Waals surface area contributed by atoms with E-state index in [1.165, 1.54) is 23.1 Å². The molecule has 32 heavy (non-hydrogen) atoms. The lowest BCUT2D eigenvalue weighted by molar-refractivity contribution is 0.0608. The van der Waals surface area contributed by atoms with Gasteiger partial charge in [0.05, 0.1) is 11.1 Å². The van der Waals surface area contributed by atoms with Crippen LogP contribution in [0.3, 0.4) is 0 Å². The second-order valence-corrected chi connectivity index (χ2v) is 7.87. The summed E-state index contributed by atoms with van der Waals surface area (Å²) in [6.45, 7) is 4.00. The first kappa shape index (κ1) is 21.2. The second-order valence-electron chi connectivity index (χ2n) is 7.87. The van der Waals surface area contributed by atoms with Crippen molar-refractivity contribution in [2.45, 2.75) is 19.9 Å². The van der Waals surface area contributed by atoms with Crippen molar-refractivity contribution in [3.8, 4) is 0 Å². The Hall–Kier alpha value is -4.00. The maximum atomic E-state index is 12.6. The minimum Gasteiger partial charge on any atom is -0.350 e. The van der Waals surface area contributed by atoms with Crippen LogP contribution in [0.2, 0.25) is 0 Å². The molecule has 1 aliphatic heterocycles. The van der Waals surface area contributed by atoms with E-state index in [-0.39, 0.29) is 48.0 Å². The topological polar surface area (TPSA) is 95.6 Å². The molecule has 0 saturated carbocycles. The van der Waals surface area contributed by atoms with E-state index in [0.29, 0.717) is 11.1 Å². The molecule has 2 N–H and O–H groups in total. The SMILES string of the molecule is CC(C)N1C(=O)c2ccc(C(=O)NCCNC(=O)c3cccc4ccccc34)cc2C1=O. The molecule has 1 aliphatic rings. The molecular formula is C25H23N3O4. The fourth-order valence-electron chi connectivity index (χ4n) is 3.84. The van der Waals surface area contributed by atoms with Gasteiger partial charge in [-0.2, -0.15) is 0 Å². The highest BCUT2D eigenvalue weighted by atomic mass is 16.2. The van der Waals surface area contributed by atoms with E-state index in [0.717, 1.165) is 10.8 Å². The molecule has 0 fully saturated rings. The number of amides is 4. The molecule has 0 aliphatic carbocycles. The van der Waals surface area contributed by atoms with Gasteiger partial charge in [-0.15, -0.1) is 0 Å². The maximum Gasteiger partial charge on any atom is 0.261 e. The van der Waals surface area contributed by atoms with Crippen molar-refractivity contribution < 1.29 is 19.2 Å². The molecule has 4 amide bonds. The van der Waals surface area contributed by atoms with E-state index in [4.69, 9.17) is 0 Å². The molecule has 3 aromatic carbocycles. The highest BCUT2D eigenvalue weighted by molar-refractivity contribution is 6.22. The zero-order valence-electron chi connectivity index (χ0n) is 17.8. The standard InChI is InChI=1S/C25H23N3O4/c1-15(2)28-24(31)20-11-10-17(14-21(20)25(28)32)22(29)26-12-13-27-23(30)19-9-5-7-16-6-3-4-8-18(16)19/h3-11,14-15H,12-13H2,1-2H3,(H,26,29)(H,27,30). The average Bonchev–Trinajstić information content (AvgIpc) is 3.05. The first-order valence-corrected chi connectivity index (χ1v) is 10.4. The van der Waals surface area contributed by atoms with Gasteiger partial charge in [0.15, 0.2) is 0 Å². The summed E-state index contributed by atoms with van der Waals surface area (Å²) in [5, 5.41) is 7.39. The zero-order chi connectivity index (χ0) is 22.8. The Balaban J connectivity index is 1.36. The summed E-state index contributed by atoms with van der Waals surface area (Å²) in [5.74, 6) is -1.33. The molecule has 0 spiro atoms. The third kappa shape index (κ3) is 3.85. The van der Waals surface area contributed by atoms with Gasteiger partial charge in [0.2, 0.25) is 0 Å². The molecule has 7 heteroatoms. The quantitative estimate of drug-likeness (QED) is 0.465. The summed E-state index contributed by atoms with van der Waals surface area (Å²) in [5.41, 5.74) is 1.41.